The highest BCUT2D eigenvalue weighted by atomic mass is 35.5. The SMILES string of the molecule is O=C1CCC(NC(=O)c2ccc(Cl)cc2)C(=O)N1. The van der Waals surface area contributed by atoms with Gasteiger partial charge in [-0.15, -0.1) is 0 Å². The Bertz CT molecular complexity index is 499. The van der Waals surface area contributed by atoms with Crippen LogP contribution in [-0.4, -0.2) is 23.8 Å². The normalized spacial score (nSPS) is 19.3. The number of halogens is 1. The fraction of sp³-hybridized carbons (Fsp3) is 0.250. The predicted molar refractivity (Wildman–Crippen MR) is 65.1 cm³/mol. The van der Waals surface area contributed by atoms with Crippen molar-refractivity contribution >= 4 is 29.3 Å². The maximum absolute atomic E-state index is 11.8. The largest absolute Gasteiger partial charge is 0.340 e. The lowest BCUT2D eigenvalue weighted by molar-refractivity contribution is -0.134. The van der Waals surface area contributed by atoms with Crippen LogP contribution in [0.2, 0.25) is 5.02 Å². The van der Waals surface area contributed by atoms with Gasteiger partial charge in [0.05, 0.1) is 0 Å². The summed E-state index contributed by atoms with van der Waals surface area (Å²) in [4.78, 5) is 34.2. The van der Waals surface area contributed by atoms with Crippen LogP contribution in [0, 0.1) is 0 Å². The number of carbonyl (C=O) groups is 3. The number of imide groups is 1. The van der Waals surface area contributed by atoms with E-state index in [-0.39, 0.29) is 18.2 Å². The van der Waals surface area contributed by atoms with E-state index in [1.807, 2.05) is 0 Å². The van der Waals surface area contributed by atoms with Gasteiger partial charge >= 0.3 is 0 Å². The quantitative estimate of drug-likeness (QED) is 0.780. The van der Waals surface area contributed by atoms with E-state index in [9.17, 15) is 14.4 Å². The van der Waals surface area contributed by atoms with Crippen molar-refractivity contribution < 1.29 is 14.4 Å². The van der Waals surface area contributed by atoms with E-state index in [2.05, 4.69) is 10.6 Å². The average molecular weight is 267 g/mol. The molecule has 0 saturated carbocycles. The molecule has 2 N–H and O–H groups in total. The third-order valence-electron chi connectivity index (χ3n) is 2.65. The molecule has 1 aliphatic rings. The summed E-state index contributed by atoms with van der Waals surface area (Å²) >= 11 is 5.71. The number of hydrogen-bond donors (Lipinski definition) is 2. The van der Waals surface area contributed by atoms with Crippen molar-refractivity contribution in [3.8, 4) is 0 Å². The van der Waals surface area contributed by atoms with Gasteiger partial charge in [-0.3, -0.25) is 19.7 Å². The van der Waals surface area contributed by atoms with Gasteiger partial charge < -0.3 is 5.32 Å². The molecule has 0 aromatic heterocycles. The van der Waals surface area contributed by atoms with Crippen molar-refractivity contribution in [2.24, 2.45) is 0 Å². The van der Waals surface area contributed by atoms with Gasteiger partial charge in [0, 0.05) is 17.0 Å². The zero-order valence-electron chi connectivity index (χ0n) is 9.40. The molecule has 0 radical (unpaired) electrons. The van der Waals surface area contributed by atoms with Crippen LogP contribution in [0.5, 0.6) is 0 Å². The molecule has 0 spiro atoms. The summed E-state index contributed by atoms with van der Waals surface area (Å²) in [5.74, 6) is -1.13. The molecular weight excluding hydrogens is 256 g/mol. The first-order valence-corrected chi connectivity index (χ1v) is 5.84. The van der Waals surface area contributed by atoms with Gasteiger partial charge in [-0.05, 0) is 30.7 Å². The van der Waals surface area contributed by atoms with E-state index in [1.54, 1.807) is 24.3 Å². The number of benzene rings is 1. The molecule has 18 heavy (non-hydrogen) atoms. The topological polar surface area (TPSA) is 75.3 Å². The van der Waals surface area contributed by atoms with Gasteiger partial charge in [0.2, 0.25) is 11.8 Å². The first-order valence-electron chi connectivity index (χ1n) is 5.46. The smallest absolute Gasteiger partial charge is 0.251 e. The number of hydrogen-bond acceptors (Lipinski definition) is 3. The van der Waals surface area contributed by atoms with Crippen LogP contribution in [0.15, 0.2) is 24.3 Å². The van der Waals surface area contributed by atoms with Gasteiger partial charge in [0.15, 0.2) is 0 Å². The van der Waals surface area contributed by atoms with Crippen molar-refractivity contribution in [2.75, 3.05) is 0 Å². The van der Waals surface area contributed by atoms with Crippen LogP contribution in [0.25, 0.3) is 0 Å². The third kappa shape index (κ3) is 2.87. The number of amides is 3. The maximum Gasteiger partial charge on any atom is 0.251 e. The Kier molecular flexibility index (Phi) is 3.62. The van der Waals surface area contributed by atoms with E-state index < -0.39 is 11.9 Å². The van der Waals surface area contributed by atoms with Crippen molar-refractivity contribution in [3.63, 3.8) is 0 Å². The van der Waals surface area contributed by atoms with E-state index in [0.29, 0.717) is 17.0 Å². The third-order valence-corrected chi connectivity index (χ3v) is 2.90. The lowest BCUT2D eigenvalue weighted by Crippen LogP contribution is -2.52. The second kappa shape index (κ2) is 5.18. The Labute approximate surface area is 109 Å². The van der Waals surface area contributed by atoms with E-state index >= 15 is 0 Å². The zero-order chi connectivity index (χ0) is 13.1. The molecule has 1 atom stereocenters. The number of nitrogens with one attached hydrogen (secondary N) is 2. The molecule has 2 rings (SSSR count). The Morgan fingerprint density at radius 2 is 1.94 bits per heavy atom. The highest BCUT2D eigenvalue weighted by Gasteiger charge is 2.27. The van der Waals surface area contributed by atoms with Crippen molar-refractivity contribution in [3.05, 3.63) is 34.9 Å². The fourth-order valence-electron chi connectivity index (χ4n) is 1.67. The van der Waals surface area contributed by atoms with Gasteiger partial charge in [0.1, 0.15) is 6.04 Å². The standard InChI is InChI=1S/C12H11ClN2O3/c13-8-3-1-7(2-4-8)11(17)14-9-5-6-10(16)15-12(9)18/h1-4,9H,5-6H2,(H,14,17)(H,15,16,18). The fourth-order valence-corrected chi connectivity index (χ4v) is 1.80. The Balaban J connectivity index is 2.01. The second-order valence-corrected chi connectivity index (χ2v) is 4.42. The average Bonchev–Trinajstić information content (AvgIpc) is 2.33. The molecule has 3 amide bonds. The minimum Gasteiger partial charge on any atom is -0.340 e. The molecule has 6 heteroatoms. The number of piperidine rings is 1. The van der Waals surface area contributed by atoms with Gasteiger partial charge in [-0.1, -0.05) is 11.6 Å². The molecule has 1 aromatic carbocycles. The molecule has 1 heterocycles. The van der Waals surface area contributed by atoms with Crippen molar-refractivity contribution in [1.29, 1.82) is 0 Å². The highest BCUT2D eigenvalue weighted by molar-refractivity contribution is 6.30. The van der Waals surface area contributed by atoms with E-state index in [0.717, 1.165) is 0 Å². The Morgan fingerprint density at radius 1 is 1.28 bits per heavy atom. The lowest BCUT2D eigenvalue weighted by Gasteiger charge is -2.21. The van der Waals surface area contributed by atoms with Crippen LogP contribution < -0.4 is 10.6 Å². The molecule has 0 aliphatic carbocycles. The summed E-state index contributed by atoms with van der Waals surface area (Å²) in [5, 5.41) is 5.30. The zero-order valence-corrected chi connectivity index (χ0v) is 10.2. The number of carbonyl (C=O) groups excluding carboxylic acids is 3. The number of rotatable bonds is 2. The minimum absolute atomic E-state index is 0.233. The van der Waals surface area contributed by atoms with Gasteiger partial charge in [-0.25, -0.2) is 0 Å². The van der Waals surface area contributed by atoms with Crippen molar-refractivity contribution in [2.45, 2.75) is 18.9 Å². The van der Waals surface area contributed by atoms with Crippen molar-refractivity contribution in [1.82, 2.24) is 10.6 Å². The molecule has 1 aromatic rings. The first-order chi connectivity index (χ1) is 8.56. The second-order valence-electron chi connectivity index (χ2n) is 3.98. The van der Waals surface area contributed by atoms with Crippen LogP contribution in [0.3, 0.4) is 0 Å². The molecule has 0 bridgehead atoms. The molecular formula is C12H11ClN2O3. The highest BCUT2D eigenvalue weighted by Crippen LogP contribution is 2.10. The van der Waals surface area contributed by atoms with Crippen LogP contribution >= 0.6 is 11.6 Å². The summed E-state index contributed by atoms with van der Waals surface area (Å²) in [6.45, 7) is 0. The molecule has 1 saturated heterocycles. The first kappa shape index (κ1) is 12.6. The maximum atomic E-state index is 11.8. The van der Waals surface area contributed by atoms with Crippen LogP contribution in [0.4, 0.5) is 0 Å². The minimum atomic E-state index is -0.661. The van der Waals surface area contributed by atoms with Crippen LogP contribution in [-0.2, 0) is 9.59 Å². The summed E-state index contributed by atoms with van der Waals surface area (Å²) in [6, 6.07) is 5.68. The summed E-state index contributed by atoms with van der Waals surface area (Å²) in [5.41, 5.74) is 0.420. The van der Waals surface area contributed by atoms with E-state index in [4.69, 9.17) is 11.6 Å². The molecule has 94 valence electrons. The molecule has 5 nitrogen and oxygen atoms in total. The Hall–Kier alpha value is -1.88. The molecule has 1 fully saturated rings. The Morgan fingerprint density at radius 3 is 2.56 bits per heavy atom. The van der Waals surface area contributed by atoms with Gasteiger partial charge in [0.25, 0.3) is 5.91 Å². The van der Waals surface area contributed by atoms with Crippen LogP contribution in [0.1, 0.15) is 23.2 Å². The van der Waals surface area contributed by atoms with E-state index in [1.165, 1.54) is 0 Å². The van der Waals surface area contributed by atoms with Gasteiger partial charge in [-0.2, -0.15) is 0 Å². The summed E-state index contributed by atoms with van der Waals surface area (Å²) in [6.07, 6.45) is 0.557. The molecule has 1 aliphatic heterocycles. The molecule has 1 unspecified atom stereocenters. The lowest BCUT2D eigenvalue weighted by atomic mass is 10.1. The monoisotopic (exact) mass is 266 g/mol. The predicted octanol–water partition coefficient (Wildman–Crippen LogP) is 0.875. The summed E-state index contributed by atoms with van der Waals surface area (Å²) < 4.78 is 0. The summed E-state index contributed by atoms with van der Waals surface area (Å²) in [7, 11) is 0.